The Kier molecular flexibility index (Phi) is 3.36. The van der Waals surface area contributed by atoms with Gasteiger partial charge in [-0.05, 0) is 49.9 Å². The summed E-state index contributed by atoms with van der Waals surface area (Å²) in [6.45, 7) is 1.14. The van der Waals surface area contributed by atoms with Crippen LogP contribution in [-0.2, 0) is 10.0 Å². The van der Waals surface area contributed by atoms with E-state index in [4.69, 9.17) is 5.26 Å². The third-order valence-corrected chi connectivity index (χ3v) is 5.86. The Balaban J connectivity index is 1.78. The lowest BCUT2D eigenvalue weighted by Crippen LogP contribution is -2.36. The minimum Gasteiger partial charge on any atom is -0.207 e. The molecule has 0 spiro atoms. The molecule has 1 aromatic carbocycles. The summed E-state index contributed by atoms with van der Waals surface area (Å²) in [5.41, 5.74) is 3.49. The fourth-order valence-electron chi connectivity index (χ4n) is 2.62. The molecule has 0 amide bonds. The Morgan fingerprint density at radius 2 is 1.50 bits per heavy atom. The molecule has 0 aromatic heterocycles. The zero-order valence-corrected chi connectivity index (χ0v) is 12.0. The molecule has 1 aliphatic heterocycles. The summed E-state index contributed by atoms with van der Waals surface area (Å²) < 4.78 is 26.6. The lowest BCUT2D eigenvalue weighted by molar-refractivity contribution is 0.386. The Bertz CT molecular complexity index is 680. The average molecular weight is 288 g/mol. The van der Waals surface area contributed by atoms with Crippen molar-refractivity contribution in [2.45, 2.75) is 30.6 Å². The van der Waals surface area contributed by atoms with Gasteiger partial charge in [-0.1, -0.05) is 11.1 Å². The highest BCUT2D eigenvalue weighted by molar-refractivity contribution is 7.89. The second kappa shape index (κ2) is 5.04. The molecular formula is C15H16N2O2S. The largest absolute Gasteiger partial charge is 0.243 e. The van der Waals surface area contributed by atoms with Gasteiger partial charge in [-0.3, -0.25) is 0 Å². The molecule has 0 unspecified atom stereocenters. The van der Waals surface area contributed by atoms with Crippen LogP contribution in [0.2, 0.25) is 0 Å². The minimum absolute atomic E-state index is 0.277. The Hall–Kier alpha value is -1.64. The van der Waals surface area contributed by atoms with Crippen molar-refractivity contribution in [1.29, 1.82) is 5.26 Å². The Labute approximate surface area is 119 Å². The summed E-state index contributed by atoms with van der Waals surface area (Å²) >= 11 is 0. The van der Waals surface area contributed by atoms with Crippen LogP contribution in [0.1, 0.15) is 31.2 Å². The van der Waals surface area contributed by atoms with Crippen molar-refractivity contribution < 1.29 is 8.42 Å². The van der Waals surface area contributed by atoms with Crippen LogP contribution in [-0.4, -0.2) is 25.8 Å². The summed E-state index contributed by atoms with van der Waals surface area (Å²) in [4.78, 5) is 0.277. The summed E-state index contributed by atoms with van der Waals surface area (Å²) in [5, 5.41) is 8.75. The highest BCUT2D eigenvalue weighted by Gasteiger charge is 2.29. The molecule has 1 heterocycles. The van der Waals surface area contributed by atoms with Gasteiger partial charge in [0, 0.05) is 13.1 Å². The first-order chi connectivity index (χ1) is 9.61. The van der Waals surface area contributed by atoms with Crippen molar-refractivity contribution in [3.05, 3.63) is 41.0 Å². The molecule has 0 radical (unpaired) electrons. The maximum absolute atomic E-state index is 12.5. The van der Waals surface area contributed by atoms with E-state index in [1.165, 1.54) is 30.5 Å². The van der Waals surface area contributed by atoms with E-state index in [0.29, 0.717) is 18.7 Å². The molecule has 4 nitrogen and oxygen atoms in total. The van der Waals surface area contributed by atoms with Gasteiger partial charge in [-0.25, -0.2) is 8.42 Å². The van der Waals surface area contributed by atoms with Crippen molar-refractivity contribution in [2.75, 3.05) is 13.1 Å². The van der Waals surface area contributed by atoms with Crippen molar-refractivity contribution >= 4 is 10.0 Å². The van der Waals surface area contributed by atoms with Gasteiger partial charge < -0.3 is 0 Å². The molecule has 0 atom stereocenters. The van der Waals surface area contributed by atoms with Gasteiger partial charge in [0.05, 0.1) is 16.5 Å². The van der Waals surface area contributed by atoms with E-state index >= 15 is 0 Å². The third-order valence-electron chi connectivity index (χ3n) is 3.95. The maximum atomic E-state index is 12.5. The second-order valence-corrected chi connectivity index (χ2v) is 7.19. The van der Waals surface area contributed by atoms with E-state index in [2.05, 4.69) is 0 Å². The number of sulfonamides is 1. The summed E-state index contributed by atoms with van der Waals surface area (Å²) in [6, 6.07) is 8.13. The van der Waals surface area contributed by atoms with Crippen molar-refractivity contribution in [1.82, 2.24) is 4.31 Å². The number of hydrogen-bond acceptors (Lipinski definition) is 3. The molecule has 2 fully saturated rings. The van der Waals surface area contributed by atoms with Gasteiger partial charge >= 0.3 is 0 Å². The highest BCUT2D eigenvalue weighted by atomic mass is 32.2. The molecule has 0 bridgehead atoms. The Morgan fingerprint density at radius 3 is 2.00 bits per heavy atom. The average Bonchev–Trinajstić information content (AvgIpc) is 3.32. The second-order valence-electron chi connectivity index (χ2n) is 5.25. The topological polar surface area (TPSA) is 61.2 Å². The van der Waals surface area contributed by atoms with Crippen LogP contribution >= 0.6 is 0 Å². The molecule has 20 heavy (non-hydrogen) atoms. The smallest absolute Gasteiger partial charge is 0.207 e. The molecule has 104 valence electrons. The number of allylic oxidation sites excluding steroid dienone is 1. The molecule has 3 rings (SSSR count). The first-order valence-corrected chi connectivity index (χ1v) is 8.25. The van der Waals surface area contributed by atoms with Gasteiger partial charge in [-0.2, -0.15) is 9.57 Å². The number of nitriles is 1. The molecule has 5 heteroatoms. The van der Waals surface area contributed by atoms with Gasteiger partial charge in [0.15, 0.2) is 0 Å². The summed E-state index contributed by atoms with van der Waals surface area (Å²) in [7, 11) is -3.41. The lowest BCUT2D eigenvalue weighted by atomic mass is 10.1. The standard InChI is InChI=1S/C15H16N2O2S/c16-11-12-1-5-15(6-2-12)20(18,19)17-9-7-14(8-10-17)13-3-4-13/h1-2,5-6H,3-4,7-10H2. The normalized spacial score (nSPS) is 19.8. The third kappa shape index (κ3) is 2.49. The van der Waals surface area contributed by atoms with E-state index in [1.54, 1.807) is 22.0 Å². The molecular weight excluding hydrogens is 272 g/mol. The van der Waals surface area contributed by atoms with Gasteiger partial charge in [-0.15, -0.1) is 0 Å². The molecule has 2 aliphatic rings. The molecule has 0 N–H and O–H groups in total. The monoisotopic (exact) mass is 288 g/mol. The summed E-state index contributed by atoms with van der Waals surface area (Å²) in [6.07, 6.45) is 4.14. The highest BCUT2D eigenvalue weighted by Crippen LogP contribution is 2.36. The van der Waals surface area contributed by atoms with E-state index < -0.39 is 10.0 Å². The molecule has 1 saturated heterocycles. The van der Waals surface area contributed by atoms with E-state index in [0.717, 1.165) is 12.8 Å². The number of piperidine rings is 1. The first kappa shape index (κ1) is 13.3. The number of benzene rings is 1. The van der Waals surface area contributed by atoms with Crippen LogP contribution in [0.25, 0.3) is 0 Å². The van der Waals surface area contributed by atoms with Crippen molar-refractivity contribution in [3.8, 4) is 6.07 Å². The first-order valence-electron chi connectivity index (χ1n) is 6.81. The van der Waals surface area contributed by atoms with Gasteiger partial charge in [0.2, 0.25) is 10.0 Å². The summed E-state index contributed by atoms with van der Waals surface area (Å²) in [5.74, 6) is 0. The van der Waals surface area contributed by atoms with E-state index in [1.807, 2.05) is 6.07 Å². The van der Waals surface area contributed by atoms with Crippen LogP contribution in [0.4, 0.5) is 0 Å². The Morgan fingerprint density at radius 1 is 0.950 bits per heavy atom. The van der Waals surface area contributed by atoms with E-state index in [9.17, 15) is 8.42 Å². The van der Waals surface area contributed by atoms with E-state index in [-0.39, 0.29) is 4.90 Å². The lowest BCUT2D eigenvalue weighted by Gasteiger charge is -2.27. The fourth-order valence-corrected chi connectivity index (χ4v) is 4.06. The predicted octanol–water partition coefficient (Wildman–Crippen LogP) is 2.43. The fraction of sp³-hybridized carbons (Fsp3) is 0.400. The van der Waals surface area contributed by atoms with Crippen LogP contribution in [0.15, 0.2) is 40.3 Å². The zero-order valence-electron chi connectivity index (χ0n) is 11.2. The van der Waals surface area contributed by atoms with Crippen molar-refractivity contribution in [2.24, 2.45) is 0 Å². The SMILES string of the molecule is N#Cc1ccc(S(=O)(=O)N2CCC(=C3CC3)CC2)cc1. The van der Waals surface area contributed by atoms with Crippen LogP contribution in [0, 0.1) is 11.3 Å². The van der Waals surface area contributed by atoms with Gasteiger partial charge in [0.1, 0.15) is 0 Å². The number of nitrogens with zero attached hydrogens (tertiary/aromatic N) is 2. The van der Waals surface area contributed by atoms with Crippen LogP contribution in [0.5, 0.6) is 0 Å². The van der Waals surface area contributed by atoms with Crippen LogP contribution in [0.3, 0.4) is 0 Å². The predicted molar refractivity (Wildman–Crippen MR) is 75.4 cm³/mol. The maximum Gasteiger partial charge on any atom is 0.243 e. The minimum atomic E-state index is -3.41. The number of hydrogen-bond donors (Lipinski definition) is 0. The zero-order chi connectivity index (χ0) is 14.2. The van der Waals surface area contributed by atoms with Crippen LogP contribution < -0.4 is 0 Å². The van der Waals surface area contributed by atoms with Crippen molar-refractivity contribution in [3.63, 3.8) is 0 Å². The molecule has 1 saturated carbocycles. The molecule has 1 aromatic rings. The van der Waals surface area contributed by atoms with Gasteiger partial charge in [0.25, 0.3) is 0 Å². The number of rotatable bonds is 2. The molecule has 1 aliphatic carbocycles. The quantitative estimate of drug-likeness (QED) is 0.785.